The summed E-state index contributed by atoms with van der Waals surface area (Å²) in [6.07, 6.45) is -1.86. The molecule has 0 saturated heterocycles. The van der Waals surface area contributed by atoms with Crippen LogP contribution in [0.25, 0.3) is 0 Å². The van der Waals surface area contributed by atoms with Crippen LogP contribution in [0.1, 0.15) is 11.7 Å². The van der Waals surface area contributed by atoms with Crippen molar-refractivity contribution in [2.75, 3.05) is 5.33 Å². The lowest BCUT2D eigenvalue weighted by atomic mass is 10.1. The fourth-order valence-electron chi connectivity index (χ4n) is 1.07. The summed E-state index contributed by atoms with van der Waals surface area (Å²) in [5.41, 5.74) is 0.515. The average molecular weight is 344 g/mol. The van der Waals surface area contributed by atoms with Gasteiger partial charge in [0.1, 0.15) is 6.10 Å². The molecule has 0 aliphatic rings. The second kappa shape index (κ2) is 5.47. The number of aliphatic hydroxyl groups excluding tert-OH is 2. The third-order valence-electron chi connectivity index (χ3n) is 1.82. The zero-order valence-electron chi connectivity index (χ0n) is 7.12. The molecule has 14 heavy (non-hydrogen) atoms. The lowest BCUT2D eigenvalue weighted by Crippen LogP contribution is -2.20. The van der Waals surface area contributed by atoms with Crippen molar-refractivity contribution >= 4 is 43.5 Å². The third kappa shape index (κ3) is 2.70. The second-order valence-corrected chi connectivity index (χ2v) is 4.71. The maximum absolute atomic E-state index is 9.76. The van der Waals surface area contributed by atoms with E-state index in [4.69, 9.17) is 11.6 Å². The van der Waals surface area contributed by atoms with Crippen LogP contribution in [0.4, 0.5) is 0 Å². The number of alkyl halides is 1. The SMILES string of the molecule is OC(CBr)C(O)c1c(Cl)cccc1Br. The summed E-state index contributed by atoms with van der Waals surface area (Å²) in [7, 11) is 0. The fourth-order valence-corrected chi connectivity index (χ4v) is 2.43. The normalized spacial score (nSPS) is 15.2. The van der Waals surface area contributed by atoms with E-state index in [9.17, 15) is 10.2 Å². The molecule has 2 nitrogen and oxygen atoms in total. The number of halogens is 3. The molecule has 0 bridgehead atoms. The average Bonchev–Trinajstić information content (AvgIpc) is 2.16. The summed E-state index contributed by atoms with van der Waals surface area (Å²) in [6, 6.07) is 5.21. The Labute approximate surface area is 104 Å². The minimum atomic E-state index is -0.988. The Morgan fingerprint density at radius 3 is 2.50 bits per heavy atom. The van der Waals surface area contributed by atoms with Crippen molar-refractivity contribution < 1.29 is 10.2 Å². The molecule has 0 aromatic heterocycles. The van der Waals surface area contributed by atoms with Gasteiger partial charge in [-0.05, 0) is 12.1 Å². The van der Waals surface area contributed by atoms with Crippen molar-refractivity contribution in [3.63, 3.8) is 0 Å². The number of benzene rings is 1. The first kappa shape index (κ1) is 12.5. The smallest absolute Gasteiger partial charge is 0.108 e. The van der Waals surface area contributed by atoms with Crippen molar-refractivity contribution in [2.24, 2.45) is 0 Å². The monoisotopic (exact) mass is 342 g/mol. The van der Waals surface area contributed by atoms with E-state index in [-0.39, 0.29) is 0 Å². The first-order valence-electron chi connectivity index (χ1n) is 3.94. The van der Waals surface area contributed by atoms with E-state index in [1.807, 2.05) is 0 Å². The number of hydrogen-bond acceptors (Lipinski definition) is 2. The van der Waals surface area contributed by atoms with Crippen LogP contribution in [0.2, 0.25) is 5.02 Å². The molecule has 0 saturated carbocycles. The highest BCUT2D eigenvalue weighted by molar-refractivity contribution is 9.10. The van der Waals surface area contributed by atoms with Gasteiger partial charge in [0.25, 0.3) is 0 Å². The zero-order chi connectivity index (χ0) is 10.7. The van der Waals surface area contributed by atoms with Crippen molar-refractivity contribution in [1.29, 1.82) is 0 Å². The van der Waals surface area contributed by atoms with Crippen molar-refractivity contribution in [1.82, 2.24) is 0 Å². The molecule has 0 radical (unpaired) electrons. The van der Waals surface area contributed by atoms with Crippen LogP contribution in [0.5, 0.6) is 0 Å². The largest absolute Gasteiger partial charge is 0.389 e. The molecule has 1 aromatic rings. The van der Waals surface area contributed by atoms with Gasteiger partial charge in [-0.25, -0.2) is 0 Å². The molecule has 0 aliphatic heterocycles. The topological polar surface area (TPSA) is 40.5 Å². The molecule has 2 atom stereocenters. The predicted octanol–water partition coefficient (Wildman–Crippen LogP) is 2.89. The van der Waals surface area contributed by atoms with Gasteiger partial charge in [0, 0.05) is 20.4 Å². The Morgan fingerprint density at radius 2 is 2.00 bits per heavy atom. The van der Waals surface area contributed by atoms with Crippen LogP contribution in [-0.4, -0.2) is 21.6 Å². The van der Waals surface area contributed by atoms with Crippen molar-refractivity contribution in [3.05, 3.63) is 33.3 Å². The fraction of sp³-hybridized carbons (Fsp3) is 0.333. The zero-order valence-corrected chi connectivity index (χ0v) is 11.1. The minimum absolute atomic E-state index is 0.297. The summed E-state index contributed by atoms with van der Waals surface area (Å²) in [4.78, 5) is 0. The van der Waals surface area contributed by atoms with Gasteiger partial charge in [-0.1, -0.05) is 49.5 Å². The molecule has 1 aromatic carbocycles. The highest BCUT2D eigenvalue weighted by atomic mass is 79.9. The van der Waals surface area contributed by atoms with Gasteiger partial charge in [-0.15, -0.1) is 0 Å². The van der Waals surface area contributed by atoms with Gasteiger partial charge in [-0.2, -0.15) is 0 Å². The molecule has 1 rings (SSSR count). The molecular formula is C9H9Br2ClO2. The first-order chi connectivity index (χ1) is 6.57. The maximum Gasteiger partial charge on any atom is 0.108 e. The summed E-state index contributed by atoms with van der Waals surface area (Å²) >= 11 is 12.3. The number of aliphatic hydroxyl groups is 2. The lowest BCUT2D eigenvalue weighted by Gasteiger charge is -2.18. The van der Waals surface area contributed by atoms with Crippen molar-refractivity contribution in [3.8, 4) is 0 Å². The summed E-state index contributed by atoms with van der Waals surface area (Å²) < 4.78 is 0.692. The van der Waals surface area contributed by atoms with Gasteiger partial charge in [0.15, 0.2) is 0 Å². The Balaban J connectivity index is 3.05. The minimum Gasteiger partial charge on any atom is -0.389 e. The first-order valence-corrected chi connectivity index (χ1v) is 6.23. The van der Waals surface area contributed by atoms with Gasteiger partial charge >= 0.3 is 0 Å². The standard InChI is InChI=1S/C9H9Br2ClO2/c10-4-7(13)9(14)8-5(11)2-1-3-6(8)12/h1-3,7,9,13-14H,4H2. The summed E-state index contributed by atoms with van der Waals surface area (Å²) in [6.45, 7) is 0. The molecule has 5 heteroatoms. The molecule has 78 valence electrons. The van der Waals surface area contributed by atoms with E-state index in [1.54, 1.807) is 18.2 Å². The molecule has 0 aliphatic carbocycles. The molecule has 0 amide bonds. The van der Waals surface area contributed by atoms with Gasteiger partial charge < -0.3 is 10.2 Å². The molecule has 2 N–H and O–H groups in total. The Morgan fingerprint density at radius 1 is 1.36 bits per heavy atom. The quantitative estimate of drug-likeness (QED) is 0.828. The van der Waals surface area contributed by atoms with Crippen LogP contribution < -0.4 is 0 Å². The highest BCUT2D eigenvalue weighted by Crippen LogP contribution is 2.32. The molecule has 0 heterocycles. The van der Waals surface area contributed by atoms with Crippen LogP contribution >= 0.6 is 43.5 Å². The second-order valence-electron chi connectivity index (χ2n) is 2.80. The van der Waals surface area contributed by atoms with Crippen LogP contribution in [-0.2, 0) is 0 Å². The summed E-state index contributed by atoms with van der Waals surface area (Å²) in [5.74, 6) is 0. The van der Waals surface area contributed by atoms with Crippen LogP contribution in [0.3, 0.4) is 0 Å². The van der Waals surface area contributed by atoms with Crippen LogP contribution in [0.15, 0.2) is 22.7 Å². The van der Waals surface area contributed by atoms with Gasteiger partial charge in [0.2, 0.25) is 0 Å². The Bertz CT molecular complexity index is 299. The molecule has 2 unspecified atom stereocenters. The van der Waals surface area contributed by atoms with Crippen LogP contribution in [0, 0.1) is 0 Å². The molecular weight excluding hydrogens is 335 g/mol. The summed E-state index contributed by atoms with van der Waals surface area (Å²) in [5, 5.41) is 19.9. The van der Waals surface area contributed by atoms with Gasteiger partial charge in [0.05, 0.1) is 6.10 Å². The maximum atomic E-state index is 9.76. The van der Waals surface area contributed by atoms with Gasteiger partial charge in [-0.3, -0.25) is 0 Å². The van der Waals surface area contributed by atoms with E-state index in [0.29, 0.717) is 20.4 Å². The Hall–Kier alpha value is 0.390. The highest BCUT2D eigenvalue weighted by Gasteiger charge is 2.21. The number of hydrogen-bond donors (Lipinski definition) is 2. The number of rotatable bonds is 3. The van der Waals surface area contributed by atoms with E-state index in [1.165, 1.54) is 0 Å². The van der Waals surface area contributed by atoms with E-state index in [2.05, 4.69) is 31.9 Å². The molecule has 0 spiro atoms. The van der Waals surface area contributed by atoms with E-state index < -0.39 is 12.2 Å². The van der Waals surface area contributed by atoms with E-state index >= 15 is 0 Å². The predicted molar refractivity (Wildman–Crippen MR) is 63.9 cm³/mol. The lowest BCUT2D eigenvalue weighted by molar-refractivity contribution is 0.0339. The van der Waals surface area contributed by atoms with E-state index in [0.717, 1.165) is 0 Å². The third-order valence-corrected chi connectivity index (χ3v) is 3.50. The molecule has 0 fully saturated rings. The Kier molecular flexibility index (Phi) is 4.87. The van der Waals surface area contributed by atoms with Crippen molar-refractivity contribution in [2.45, 2.75) is 12.2 Å².